The van der Waals surface area contributed by atoms with Crippen LogP contribution in [0.3, 0.4) is 0 Å². The highest BCUT2D eigenvalue weighted by molar-refractivity contribution is 5.56. The van der Waals surface area contributed by atoms with Crippen LogP contribution >= 0.6 is 0 Å². The van der Waals surface area contributed by atoms with Gasteiger partial charge in [0.05, 0.1) is 6.61 Å². The molecule has 4 heteroatoms. The standard InChI is InChI=1S/C11H13NO3/c1-12-15-6-2-3-9-4-5-10-11(7-9)14-8-13-10/h2-5,7,12H,6,8H2,1H3/b3-2+. The van der Waals surface area contributed by atoms with Gasteiger partial charge in [0.2, 0.25) is 6.79 Å². The van der Waals surface area contributed by atoms with Crippen molar-refractivity contribution in [2.45, 2.75) is 0 Å². The second-order valence-corrected chi connectivity index (χ2v) is 3.03. The van der Waals surface area contributed by atoms with Crippen LogP contribution in [0.15, 0.2) is 24.3 Å². The molecule has 80 valence electrons. The molecule has 0 saturated heterocycles. The molecule has 1 aromatic rings. The minimum absolute atomic E-state index is 0.311. The molecule has 1 aliphatic heterocycles. The molecule has 15 heavy (non-hydrogen) atoms. The number of hydrogen-bond donors (Lipinski definition) is 1. The van der Waals surface area contributed by atoms with Crippen LogP contribution < -0.4 is 15.0 Å². The normalized spacial score (nSPS) is 13.7. The molecule has 0 radical (unpaired) electrons. The minimum Gasteiger partial charge on any atom is -0.454 e. The fraction of sp³-hybridized carbons (Fsp3) is 0.273. The number of fused-ring (bicyclic) bond motifs is 1. The van der Waals surface area contributed by atoms with Gasteiger partial charge in [-0.15, -0.1) is 0 Å². The molecule has 0 aliphatic carbocycles. The van der Waals surface area contributed by atoms with Crippen LogP contribution in [-0.2, 0) is 4.84 Å². The number of rotatable bonds is 4. The zero-order chi connectivity index (χ0) is 10.5. The summed E-state index contributed by atoms with van der Waals surface area (Å²) in [7, 11) is 1.73. The van der Waals surface area contributed by atoms with Crippen LogP contribution in [0.4, 0.5) is 0 Å². The Bertz CT molecular complexity index is 363. The molecule has 0 atom stereocenters. The third-order valence-corrected chi connectivity index (χ3v) is 2.03. The average Bonchev–Trinajstić information content (AvgIpc) is 2.71. The van der Waals surface area contributed by atoms with Gasteiger partial charge >= 0.3 is 0 Å². The van der Waals surface area contributed by atoms with Gasteiger partial charge in [-0.1, -0.05) is 18.2 Å². The summed E-state index contributed by atoms with van der Waals surface area (Å²) in [6, 6.07) is 5.82. The summed E-state index contributed by atoms with van der Waals surface area (Å²) >= 11 is 0. The van der Waals surface area contributed by atoms with Gasteiger partial charge in [0, 0.05) is 7.05 Å². The van der Waals surface area contributed by atoms with Crippen molar-refractivity contribution in [3.05, 3.63) is 29.8 Å². The van der Waals surface area contributed by atoms with Gasteiger partial charge in [0.25, 0.3) is 0 Å². The van der Waals surface area contributed by atoms with E-state index in [-0.39, 0.29) is 0 Å². The fourth-order valence-corrected chi connectivity index (χ4v) is 1.33. The minimum atomic E-state index is 0.311. The van der Waals surface area contributed by atoms with Crippen LogP contribution in [-0.4, -0.2) is 20.4 Å². The zero-order valence-corrected chi connectivity index (χ0v) is 8.53. The van der Waals surface area contributed by atoms with Crippen molar-refractivity contribution in [3.63, 3.8) is 0 Å². The summed E-state index contributed by atoms with van der Waals surface area (Å²) in [6.45, 7) is 0.844. The maximum atomic E-state index is 5.27. The average molecular weight is 207 g/mol. The molecule has 1 aromatic carbocycles. The van der Waals surface area contributed by atoms with Crippen LogP contribution in [0.1, 0.15) is 5.56 Å². The molecule has 1 aliphatic rings. The first-order valence-electron chi connectivity index (χ1n) is 4.75. The summed E-state index contributed by atoms with van der Waals surface area (Å²) in [5.74, 6) is 1.60. The number of nitrogens with one attached hydrogen (secondary N) is 1. The number of hydrogen-bond acceptors (Lipinski definition) is 4. The Balaban J connectivity index is 2.00. The third kappa shape index (κ3) is 2.49. The topological polar surface area (TPSA) is 39.7 Å². The van der Waals surface area contributed by atoms with Crippen LogP contribution in [0.25, 0.3) is 6.08 Å². The molecule has 0 amide bonds. The molecule has 1 N–H and O–H groups in total. The van der Waals surface area contributed by atoms with Crippen molar-refractivity contribution >= 4 is 6.08 Å². The maximum absolute atomic E-state index is 5.27. The highest BCUT2D eigenvalue weighted by atomic mass is 16.7. The monoisotopic (exact) mass is 207 g/mol. The Morgan fingerprint density at radius 2 is 2.27 bits per heavy atom. The summed E-state index contributed by atoms with van der Waals surface area (Å²) in [5.41, 5.74) is 3.67. The van der Waals surface area contributed by atoms with Crippen molar-refractivity contribution in [1.82, 2.24) is 5.48 Å². The lowest BCUT2D eigenvalue weighted by molar-refractivity contribution is 0.0814. The van der Waals surface area contributed by atoms with Gasteiger partial charge in [0.15, 0.2) is 11.5 Å². The van der Waals surface area contributed by atoms with Crippen LogP contribution in [0.5, 0.6) is 11.5 Å². The first-order valence-corrected chi connectivity index (χ1v) is 4.75. The molecule has 2 rings (SSSR count). The lowest BCUT2D eigenvalue weighted by Crippen LogP contribution is -2.06. The highest BCUT2D eigenvalue weighted by Crippen LogP contribution is 2.32. The maximum Gasteiger partial charge on any atom is 0.231 e. The van der Waals surface area contributed by atoms with E-state index >= 15 is 0 Å². The Morgan fingerprint density at radius 1 is 1.40 bits per heavy atom. The Labute approximate surface area is 88.4 Å². The fourth-order valence-electron chi connectivity index (χ4n) is 1.33. The number of benzene rings is 1. The number of hydroxylamine groups is 1. The van der Waals surface area contributed by atoms with E-state index in [1.54, 1.807) is 7.05 Å². The molecule has 0 bridgehead atoms. The van der Waals surface area contributed by atoms with Gasteiger partial charge in [-0.3, -0.25) is 4.84 Å². The van der Waals surface area contributed by atoms with Crippen LogP contribution in [0, 0.1) is 0 Å². The second kappa shape index (κ2) is 4.82. The van der Waals surface area contributed by atoms with Gasteiger partial charge in [-0.2, -0.15) is 0 Å². The molecule has 0 saturated carbocycles. The van der Waals surface area contributed by atoms with Crippen molar-refractivity contribution in [1.29, 1.82) is 0 Å². The van der Waals surface area contributed by atoms with Crippen molar-refractivity contribution < 1.29 is 14.3 Å². The second-order valence-electron chi connectivity index (χ2n) is 3.03. The molecule has 4 nitrogen and oxygen atoms in total. The lowest BCUT2D eigenvalue weighted by Gasteiger charge is -1.98. The van der Waals surface area contributed by atoms with E-state index in [2.05, 4.69) is 5.48 Å². The summed E-state index contributed by atoms with van der Waals surface area (Å²) in [6.07, 6.45) is 3.90. The van der Waals surface area contributed by atoms with Gasteiger partial charge in [-0.25, -0.2) is 5.48 Å². The largest absolute Gasteiger partial charge is 0.454 e. The molecule has 0 unspecified atom stereocenters. The number of ether oxygens (including phenoxy) is 2. The van der Waals surface area contributed by atoms with E-state index in [9.17, 15) is 0 Å². The SMILES string of the molecule is CNOC/C=C/c1ccc2c(c1)OCO2. The van der Waals surface area contributed by atoms with Gasteiger partial charge in [0.1, 0.15) is 0 Å². The van der Waals surface area contributed by atoms with Gasteiger partial charge < -0.3 is 9.47 Å². The molecular formula is C11H13NO3. The zero-order valence-electron chi connectivity index (χ0n) is 8.53. The first-order chi connectivity index (χ1) is 7.40. The molecule has 0 spiro atoms. The van der Waals surface area contributed by atoms with Gasteiger partial charge in [-0.05, 0) is 17.7 Å². The third-order valence-electron chi connectivity index (χ3n) is 2.03. The molecule has 0 fully saturated rings. The van der Waals surface area contributed by atoms with E-state index in [1.807, 2.05) is 30.4 Å². The smallest absolute Gasteiger partial charge is 0.231 e. The van der Waals surface area contributed by atoms with E-state index < -0.39 is 0 Å². The van der Waals surface area contributed by atoms with E-state index in [0.717, 1.165) is 17.1 Å². The Morgan fingerprint density at radius 3 is 3.13 bits per heavy atom. The molecule has 1 heterocycles. The Kier molecular flexibility index (Phi) is 3.22. The predicted octanol–water partition coefficient (Wildman–Crippen LogP) is 1.58. The van der Waals surface area contributed by atoms with Crippen LogP contribution in [0.2, 0.25) is 0 Å². The quantitative estimate of drug-likeness (QED) is 0.601. The van der Waals surface area contributed by atoms with Crippen molar-refractivity contribution in [2.24, 2.45) is 0 Å². The summed E-state index contributed by atoms with van der Waals surface area (Å²) in [5, 5.41) is 0. The summed E-state index contributed by atoms with van der Waals surface area (Å²) in [4.78, 5) is 4.96. The van der Waals surface area contributed by atoms with E-state index in [0.29, 0.717) is 13.4 Å². The predicted molar refractivity (Wildman–Crippen MR) is 56.6 cm³/mol. The van der Waals surface area contributed by atoms with E-state index in [1.165, 1.54) is 0 Å². The highest BCUT2D eigenvalue weighted by Gasteiger charge is 2.11. The van der Waals surface area contributed by atoms with Crippen molar-refractivity contribution in [3.8, 4) is 11.5 Å². The summed E-state index contributed by atoms with van der Waals surface area (Å²) < 4.78 is 10.5. The first kappa shape index (κ1) is 10.0. The molecular weight excluding hydrogens is 194 g/mol. The van der Waals surface area contributed by atoms with Crippen molar-refractivity contribution in [2.75, 3.05) is 20.4 Å². The molecule has 0 aromatic heterocycles. The lowest BCUT2D eigenvalue weighted by atomic mass is 10.2. The Hall–Kier alpha value is -1.52. The van der Waals surface area contributed by atoms with E-state index in [4.69, 9.17) is 14.3 Å².